The van der Waals surface area contributed by atoms with E-state index in [1.165, 1.54) is 38.5 Å². The Morgan fingerprint density at radius 1 is 1.19 bits per heavy atom. The third kappa shape index (κ3) is 4.06. The highest BCUT2D eigenvalue weighted by atomic mass is 16.5. The second-order valence-corrected chi connectivity index (χ2v) is 5.13. The van der Waals surface area contributed by atoms with Crippen LogP contribution in [-0.4, -0.2) is 25.3 Å². The maximum absolute atomic E-state index is 6.04. The van der Waals surface area contributed by atoms with Crippen molar-refractivity contribution in [3.8, 4) is 0 Å². The minimum Gasteiger partial charge on any atom is -0.374 e. The zero-order valence-electron chi connectivity index (χ0n) is 11.3. The number of rotatable bonds is 7. The van der Waals surface area contributed by atoms with Gasteiger partial charge in [0.2, 0.25) is 0 Å². The van der Waals surface area contributed by atoms with Crippen LogP contribution in [0.15, 0.2) is 0 Å². The van der Waals surface area contributed by atoms with Crippen LogP contribution >= 0.6 is 0 Å². The predicted molar refractivity (Wildman–Crippen MR) is 69.8 cm³/mol. The molecule has 0 bridgehead atoms. The molecule has 0 amide bonds. The summed E-state index contributed by atoms with van der Waals surface area (Å²) in [5.41, 5.74) is 0.148. The van der Waals surface area contributed by atoms with Gasteiger partial charge in [0.05, 0.1) is 5.60 Å². The molecule has 0 heterocycles. The molecule has 2 nitrogen and oxygen atoms in total. The van der Waals surface area contributed by atoms with Crippen LogP contribution in [0.2, 0.25) is 0 Å². The van der Waals surface area contributed by atoms with E-state index in [0.717, 1.165) is 25.6 Å². The van der Waals surface area contributed by atoms with E-state index < -0.39 is 0 Å². The van der Waals surface area contributed by atoms with Gasteiger partial charge in [0.1, 0.15) is 0 Å². The highest BCUT2D eigenvalue weighted by Crippen LogP contribution is 2.36. The average molecular weight is 227 g/mol. The molecule has 96 valence electrons. The van der Waals surface area contributed by atoms with Gasteiger partial charge in [-0.15, -0.1) is 0 Å². The van der Waals surface area contributed by atoms with Crippen molar-refractivity contribution in [3.63, 3.8) is 0 Å². The maximum Gasteiger partial charge on any atom is 0.0806 e. The molecule has 16 heavy (non-hydrogen) atoms. The summed E-state index contributed by atoms with van der Waals surface area (Å²) in [6.07, 6.45) is 7.96. The molecule has 1 aliphatic carbocycles. The second kappa shape index (κ2) is 7.29. The molecular formula is C14H29NO. The summed E-state index contributed by atoms with van der Waals surface area (Å²) in [6, 6.07) is 0. The molecule has 2 heteroatoms. The highest BCUT2D eigenvalue weighted by molar-refractivity contribution is 4.89. The Balaban J connectivity index is 2.41. The van der Waals surface area contributed by atoms with Gasteiger partial charge in [0.15, 0.2) is 0 Å². The van der Waals surface area contributed by atoms with Crippen LogP contribution in [0.3, 0.4) is 0 Å². The molecule has 0 aliphatic heterocycles. The normalized spacial score (nSPS) is 30.6. The van der Waals surface area contributed by atoms with Crippen molar-refractivity contribution in [2.75, 3.05) is 19.7 Å². The molecule has 0 aromatic rings. The zero-order valence-corrected chi connectivity index (χ0v) is 11.3. The van der Waals surface area contributed by atoms with Crippen molar-refractivity contribution in [3.05, 3.63) is 0 Å². The molecule has 1 N–H and O–H groups in total. The highest BCUT2D eigenvalue weighted by Gasteiger charge is 2.35. The molecule has 1 fully saturated rings. The minimum absolute atomic E-state index is 0.148. The number of ether oxygens (including phenoxy) is 1. The molecule has 0 aromatic heterocycles. The van der Waals surface area contributed by atoms with E-state index in [2.05, 4.69) is 26.1 Å². The van der Waals surface area contributed by atoms with Crippen molar-refractivity contribution >= 4 is 0 Å². The van der Waals surface area contributed by atoms with E-state index in [9.17, 15) is 0 Å². The first-order chi connectivity index (χ1) is 7.76. The van der Waals surface area contributed by atoms with Crippen molar-refractivity contribution in [1.82, 2.24) is 5.32 Å². The van der Waals surface area contributed by atoms with Crippen LogP contribution < -0.4 is 5.32 Å². The molecule has 0 spiro atoms. The fourth-order valence-electron chi connectivity index (χ4n) is 2.93. The Bertz CT molecular complexity index is 174. The summed E-state index contributed by atoms with van der Waals surface area (Å²) in [6.45, 7) is 9.52. The van der Waals surface area contributed by atoms with Gasteiger partial charge < -0.3 is 10.1 Å². The number of hydrogen-bond acceptors (Lipinski definition) is 2. The van der Waals surface area contributed by atoms with Crippen LogP contribution in [-0.2, 0) is 4.74 Å². The van der Waals surface area contributed by atoms with E-state index in [-0.39, 0.29) is 5.60 Å². The van der Waals surface area contributed by atoms with E-state index in [4.69, 9.17) is 4.74 Å². The van der Waals surface area contributed by atoms with Crippen molar-refractivity contribution in [2.45, 2.75) is 64.9 Å². The van der Waals surface area contributed by atoms with Gasteiger partial charge >= 0.3 is 0 Å². The largest absolute Gasteiger partial charge is 0.374 e. The summed E-state index contributed by atoms with van der Waals surface area (Å²) in [5, 5.41) is 3.47. The average Bonchev–Trinajstić information content (AvgIpc) is 2.30. The number of likely N-dealkylation sites (N-methyl/N-ethyl adjacent to an activating group) is 1. The first-order valence-corrected chi connectivity index (χ1v) is 7.11. The lowest BCUT2D eigenvalue weighted by atomic mass is 9.77. The van der Waals surface area contributed by atoms with Gasteiger partial charge in [0, 0.05) is 13.2 Å². The second-order valence-electron chi connectivity index (χ2n) is 5.13. The summed E-state index contributed by atoms with van der Waals surface area (Å²) in [5.74, 6) is 0.959. The fourth-order valence-corrected chi connectivity index (χ4v) is 2.93. The van der Waals surface area contributed by atoms with Gasteiger partial charge in [-0.05, 0) is 45.1 Å². The van der Waals surface area contributed by atoms with E-state index >= 15 is 0 Å². The summed E-state index contributed by atoms with van der Waals surface area (Å²) >= 11 is 0. The smallest absolute Gasteiger partial charge is 0.0806 e. The van der Waals surface area contributed by atoms with Gasteiger partial charge in [-0.3, -0.25) is 0 Å². The topological polar surface area (TPSA) is 21.3 Å². The predicted octanol–water partition coefficient (Wildman–Crippen LogP) is 3.36. The maximum atomic E-state index is 6.04. The third-order valence-corrected chi connectivity index (χ3v) is 3.86. The molecule has 0 aromatic carbocycles. The Labute approximate surface area is 101 Å². The van der Waals surface area contributed by atoms with Gasteiger partial charge in [-0.1, -0.05) is 26.7 Å². The van der Waals surface area contributed by atoms with Crippen molar-refractivity contribution in [2.24, 2.45) is 5.92 Å². The first-order valence-electron chi connectivity index (χ1n) is 7.11. The Hall–Kier alpha value is -0.0800. The molecule has 1 rings (SSSR count). The van der Waals surface area contributed by atoms with Crippen LogP contribution in [0.25, 0.3) is 0 Å². The quantitative estimate of drug-likeness (QED) is 0.720. The number of hydrogen-bond donors (Lipinski definition) is 1. The molecule has 0 atom stereocenters. The van der Waals surface area contributed by atoms with E-state index in [0.29, 0.717) is 0 Å². The van der Waals surface area contributed by atoms with E-state index in [1.54, 1.807) is 0 Å². The Morgan fingerprint density at radius 2 is 1.88 bits per heavy atom. The molecule has 1 saturated carbocycles. The lowest BCUT2D eigenvalue weighted by Crippen LogP contribution is -2.46. The van der Waals surface area contributed by atoms with Crippen LogP contribution in [0.4, 0.5) is 0 Å². The zero-order chi connectivity index (χ0) is 11.9. The summed E-state index contributed by atoms with van der Waals surface area (Å²) in [7, 11) is 0. The minimum atomic E-state index is 0.148. The van der Waals surface area contributed by atoms with Crippen LogP contribution in [0.5, 0.6) is 0 Å². The lowest BCUT2D eigenvalue weighted by molar-refractivity contribution is -0.0714. The summed E-state index contributed by atoms with van der Waals surface area (Å²) in [4.78, 5) is 0. The molecule has 0 unspecified atom stereocenters. The van der Waals surface area contributed by atoms with Gasteiger partial charge in [-0.25, -0.2) is 0 Å². The fraction of sp³-hybridized carbons (Fsp3) is 1.00. The van der Waals surface area contributed by atoms with Crippen molar-refractivity contribution in [1.29, 1.82) is 0 Å². The number of nitrogens with one attached hydrogen (secondary N) is 1. The first kappa shape index (κ1) is 14.0. The van der Waals surface area contributed by atoms with Gasteiger partial charge in [0.25, 0.3) is 0 Å². The Kier molecular flexibility index (Phi) is 6.37. The standard InChI is InChI=1S/C14H29NO/c1-4-7-13-8-10-14(11-9-13,16-6-3)12-15-5-2/h13,15H,4-12H2,1-3H3. The van der Waals surface area contributed by atoms with Crippen LogP contribution in [0.1, 0.15) is 59.3 Å². The molecular weight excluding hydrogens is 198 g/mol. The SMILES string of the molecule is CCCC1CCC(CNCC)(OCC)CC1. The molecule has 1 aliphatic rings. The molecule has 0 radical (unpaired) electrons. The lowest BCUT2D eigenvalue weighted by Gasteiger charge is -2.40. The monoisotopic (exact) mass is 227 g/mol. The van der Waals surface area contributed by atoms with Crippen molar-refractivity contribution < 1.29 is 4.74 Å². The van der Waals surface area contributed by atoms with Gasteiger partial charge in [-0.2, -0.15) is 0 Å². The van der Waals surface area contributed by atoms with E-state index in [1.807, 2.05) is 0 Å². The molecule has 0 saturated heterocycles. The summed E-state index contributed by atoms with van der Waals surface area (Å²) < 4.78 is 6.04. The Morgan fingerprint density at radius 3 is 2.38 bits per heavy atom. The third-order valence-electron chi connectivity index (χ3n) is 3.86. The van der Waals surface area contributed by atoms with Crippen LogP contribution in [0, 0.1) is 5.92 Å².